The number of carbonyl (C=O) groups excluding carboxylic acids is 1. The molecule has 218 valence electrons. The first-order chi connectivity index (χ1) is 20.4. The lowest BCUT2D eigenvalue weighted by Crippen LogP contribution is -2.31. The van der Waals surface area contributed by atoms with Gasteiger partial charge in [-0.25, -0.2) is 9.07 Å². The van der Waals surface area contributed by atoms with Crippen LogP contribution in [0.1, 0.15) is 49.9 Å². The van der Waals surface area contributed by atoms with E-state index in [2.05, 4.69) is 17.6 Å². The van der Waals surface area contributed by atoms with E-state index >= 15 is 0 Å². The number of carbonyl (C=O) groups is 1. The molecule has 8 nitrogen and oxygen atoms in total. The second-order valence-corrected chi connectivity index (χ2v) is 11.0. The Balaban J connectivity index is 1.53. The number of hydrogen-bond donors (Lipinski definition) is 2. The molecule has 0 saturated carbocycles. The van der Waals surface area contributed by atoms with Crippen LogP contribution >= 0.6 is 11.8 Å². The van der Waals surface area contributed by atoms with Gasteiger partial charge in [0.25, 0.3) is 5.91 Å². The Labute approximate surface area is 249 Å². The van der Waals surface area contributed by atoms with Crippen molar-refractivity contribution in [3.05, 3.63) is 101 Å². The Morgan fingerprint density at radius 3 is 2.57 bits per heavy atom. The maximum Gasteiger partial charge on any atom is 0.255 e. The molecule has 0 saturated heterocycles. The Hall–Kier alpha value is -4.31. The highest BCUT2D eigenvalue weighted by molar-refractivity contribution is 7.99. The highest BCUT2D eigenvalue weighted by Crippen LogP contribution is 2.40. The molecular weight excluding hydrogens is 553 g/mol. The van der Waals surface area contributed by atoms with Gasteiger partial charge >= 0.3 is 0 Å². The number of thioether (sulfide) groups is 1. The molecule has 2 N–H and O–H groups in total. The summed E-state index contributed by atoms with van der Waals surface area (Å²) in [6.07, 6.45) is 0.985. The quantitative estimate of drug-likeness (QED) is 0.180. The molecule has 1 unspecified atom stereocenters. The van der Waals surface area contributed by atoms with Crippen LogP contribution in [0.25, 0.3) is 0 Å². The average Bonchev–Trinajstić information content (AvgIpc) is 3.39. The predicted octanol–water partition coefficient (Wildman–Crippen LogP) is 7.13. The van der Waals surface area contributed by atoms with Crippen molar-refractivity contribution >= 4 is 29.3 Å². The first-order valence-electron chi connectivity index (χ1n) is 14.0. The molecule has 2 heterocycles. The minimum absolute atomic E-state index is 0.0495. The lowest BCUT2D eigenvalue weighted by molar-refractivity contribution is -0.113. The van der Waals surface area contributed by atoms with Crippen molar-refractivity contribution in [2.75, 3.05) is 23.0 Å². The molecule has 0 aliphatic carbocycles. The summed E-state index contributed by atoms with van der Waals surface area (Å²) in [6, 6.07) is 19.1. The number of amides is 1. The lowest BCUT2D eigenvalue weighted by Gasteiger charge is -2.29. The molecule has 4 aromatic rings. The van der Waals surface area contributed by atoms with Crippen LogP contribution in [-0.2, 0) is 11.4 Å². The van der Waals surface area contributed by atoms with E-state index in [1.54, 1.807) is 40.7 Å². The Morgan fingerprint density at radius 1 is 1.05 bits per heavy atom. The largest absolute Gasteiger partial charge is 0.490 e. The maximum absolute atomic E-state index is 14.2. The summed E-state index contributed by atoms with van der Waals surface area (Å²) in [4.78, 5) is 18.5. The van der Waals surface area contributed by atoms with Crippen LogP contribution in [0.4, 0.5) is 16.0 Å². The summed E-state index contributed by atoms with van der Waals surface area (Å²) in [5.41, 5.74) is 4.19. The van der Waals surface area contributed by atoms with Crippen LogP contribution in [0.5, 0.6) is 11.5 Å². The van der Waals surface area contributed by atoms with E-state index in [1.807, 2.05) is 57.2 Å². The fourth-order valence-electron chi connectivity index (χ4n) is 4.68. The van der Waals surface area contributed by atoms with Crippen molar-refractivity contribution in [3.8, 4) is 11.5 Å². The summed E-state index contributed by atoms with van der Waals surface area (Å²) in [5, 5.41) is 11.7. The lowest BCUT2D eigenvalue weighted by atomic mass is 9.94. The van der Waals surface area contributed by atoms with E-state index in [4.69, 9.17) is 19.6 Å². The molecule has 3 aromatic carbocycles. The number of fused-ring (bicyclic) bond motifs is 1. The average molecular weight is 588 g/mol. The summed E-state index contributed by atoms with van der Waals surface area (Å²) in [7, 11) is 0. The third-order valence-corrected chi connectivity index (χ3v) is 7.79. The summed E-state index contributed by atoms with van der Waals surface area (Å²) in [6.45, 7) is 8.30. The van der Waals surface area contributed by atoms with Crippen LogP contribution in [-0.4, -0.2) is 33.0 Å². The fourth-order valence-corrected chi connectivity index (χ4v) is 5.36. The van der Waals surface area contributed by atoms with Gasteiger partial charge in [-0.1, -0.05) is 60.6 Å². The van der Waals surface area contributed by atoms with E-state index in [0.29, 0.717) is 51.7 Å². The molecule has 0 spiro atoms. The number of anilines is 2. The number of ether oxygens (including phenoxy) is 2. The number of allylic oxidation sites excluding steroid dienone is 1. The summed E-state index contributed by atoms with van der Waals surface area (Å²) in [5.74, 6) is 1.81. The monoisotopic (exact) mass is 587 g/mol. The van der Waals surface area contributed by atoms with E-state index in [1.165, 1.54) is 6.07 Å². The molecule has 42 heavy (non-hydrogen) atoms. The standard InChI is InChI=1S/C32H34FN5O3S/c1-5-17-42-32-36-31-34-21(4)28(30(39)35-24-14-11-20(3)12-15-24)29(38(31)37-32)22-13-16-26(27(18-22)40-6-2)41-19-23-9-7-8-10-25(23)33/h7-16,18,29H,5-6,17,19H2,1-4H3,(H,35,39)(H,34,36,37). The first-order valence-corrected chi connectivity index (χ1v) is 14.9. The molecule has 1 aromatic heterocycles. The zero-order chi connectivity index (χ0) is 29.6. The van der Waals surface area contributed by atoms with Crippen molar-refractivity contribution in [2.24, 2.45) is 0 Å². The van der Waals surface area contributed by atoms with Crippen molar-refractivity contribution in [1.29, 1.82) is 0 Å². The van der Waals surface area contributed by atoms with Gasteiger partial charge in [0.2, 0.25) is 11.1 Å². The smallest absolute Gasteiger partial charge is 0.255 e. The summed E-state index contributed by atoms with van der Waals surface area (Å²) >= 11 is 1.57. The molecule has 1 aliphatic rings. The number of aromatic nitrogens is 3. The number of nitrogens with one attached hydrogen (secondary N) is 2. The Kier molecular flexibility index (Phi) is 9.12. The number of rotatable bonds is 11. The van der Waals surface area contributed by atoms with Crippen LogP contribution < -0.4 is 20.1 Å². The summed E-state index contributed by atoms with van der Waals surface area (Å²) < 4.78 is 27.9. The SMILES string of the molecule is CCCSc1nc2n(n1)C(c1ccc(OCc3ccccc3F)c(OCC)c1)C(C(=O)Nc1ccc(C)cc1)=C(C)N2. The number of aryl methyl sites for hydroxylation is 1. The van der Waals surface area contributed by atoms with E-state index in [-0.39, 0.29) is 18.3 Å². The number of hydrogen-bond acceptors (Lipinski definition) is 7. The number of benzene rings is 3. The molecule has 1 amide bonds. The van der Waals surface area contributed by atoms with E-state index < -0.39 is 6.04 Å². The molecular formula is C32H34FN5O3S. The molecule has 0 bridgehead atoms. The predicted molar refractivity (Wildman–Crippen MR) is 164 cm³/mol. The fraction of sp³-hybridized carbons (Fsp3) is 0.281. The van der Waals surface area contributed by atoms with Crippen molar-refractivity contribution < 1.29 is 18.7 Å². The normalized spacial score (nSPS) is 14.3. The van der Waals surface area contributed by atoms with E-state index in [0.717, 1.165) is 23.3 Å². The van der Waals surface area contributed by atoms with Crippen molar-refractivity contribution in [2.45, 2.75) is 51.9 Å². The van der Waals surface area contributed by atoms with Gasteiger partial charge in [0, 0.05) is 22.7 Å². The maximum atomic E-state index is 14.2. The Bertz CT molecular complexity index is 1600. The number of halogens is 1. The molecule has 10 heteroatoms. The highest BCUT2D eigenvalue weighted by Gasteiger charge is 2.35. The third-order valence-electron chi connectivity index (χ3n) is 6.75. The Morgan fingerprint density at radius 2 is 1.83 bits per heavy atom. The first kappa shape index (κ1) is 29.2. The zero-order valence-electron chi connectivity index (χ0n) is 24.1. The van der Waals surface area contributed by atoms with Crippen molar-refractivity contribution in [3.63, 3.8) is 0 Å². The van der Waals surface area contributed by atoms with Gasteiger partial charge in [0.1, 0.15) is 18.5 Å². The van der Waals surface area contributed by atoms with Gasteiger partial charge in [0.15, 0.2) is 11.5 Å². The minimum atomic E-state index is -0.588. The van der Waals surface area contributed by atoms with Gasteiger partial charge in [-0.2, -0.15) is 4.98 Å². The second kappa shape index (κ2) is 13.1. The van der Waals surface area contributed by atoms with Crippen LogP contribution in [0.15, 0.2) is 83.2 Å². The van der Waals surface area contributed by atoms with Gasteiger partial charge in [-0.15, -0.1) is 5.10 Å². The topological polar surface area (TPSA) is 90.3 Å². The van der Waals surface area contributed by atoms with Gasteiger partial charge < -0.3 is 20.1 Å². The molecule has 0 radical (unpaired) electrons. The van der Waals surface area contributed by atoms with Crippen molar-refractivity contribution in [1.82, 2.24) is 14.8 Å². The zero-order valence-corrected chi connectivity index (χ0v) is 24.9. The highest BCUT2D eigenvalue weighted by atomic mass is 32.2. The van der Waals surface area contributed by atoms with E-state index in [9.17, 15) is 9.18 Å². The van der Waals surface area contributed by atoms with Crippen LogP contribution in [0.3, 0.4) is 0 Å². The number of nitrogens with zero attached hydrogens (tertiary/aromatic N) is 3. The van der Waals surface area contributed by atoms with Gasteiger partial charge in [-0.3, -0.25) is 4.79 Å². The van der Waals surface area contributed by atoms with Crippen LogP contribution in [0.2, 0.25) is 0 Å². The van der Waals surface area contributed by atoms with Gasteiger partial charge in [-0.05, 0) is 63.1 Å². The second-order valence-electron chi connectivity index (χ2n) is 9.92. The molecule has 5 rings (SSSR count). The van der Waals surface area contributed by atoms with Gasteiger partial charge in [0.05, 0.1) is 12.2 Å². The molecule has 1 aliphatic heterocycles. The minimum Gasteiger partial charge on any atom is -0.490 e. The molecule has 1 atom stereocenters. The van der Waals surface area contributed by atoms with Crippen LogP contribution in [0, 0.1) is 12.7 Å². The molecule has 0 fully saturated rings. The third kappa shape index (κ3) is 6.44.